The van der Waals surface area contributed by atoms with Crippen LogP contribution in [0.15, 0.2) is 36.4 Å². The Kier molecular flexibility index (Phi) is 4.61. The van der Waals surface area contributed by atoms with Crippen LogP contribution < -0.4 is 10.6 Å². The van der Waals surface area contributed by atoms with Crippen LogP contribution in [0.25, 0.3) is 11.1 Å². The average molecular weight is 298 g/mol. The van der Waals surface area contributed by atoms with Gasteiger partial charge in [0.1, 0.15) is 11.5 Å². The highest BCUT2D eigenvalue weighted by Crippen LogP contribution is 2.33. The molecule has 2 rings (SSSR count). The highest BCUT2D eigenvalue weighted by Gasteiger charge is 2.08. The van der Waals surface area contributed by atoms with E-state index >= 15 is 0 Å². The van der Waals surface area contributed by atoms with E-state index in [-0.39, 0.29) is 11.5 Å². The van der Waals surface area contributed by atoms with Crippen molar-refractivity contribution in [3.05, 3.63) is 47.5 Å². The van der Waals surface area contributed by atoms with E-state index in [0.717, 1.165) is 22.3 Å². The number of benzene rings is 2. The molecule has 0 aliphatic rings. The monoisotopic (exact) mass is 298 g/mol. The number of nitrogens with one attached hydrogen (secondary N) is 2. The van der Waals surface area contributed by atoms with Gasteiger partial charge < -0.3 is 20.8 Å². The molecule has 0 spiro atoms. The Balaban J connectivity index is 2.48. The molecule has 0 bridgehead atoms. The number of allylic oxidation sites excluding steroid dienone is 2. The van der Waals surface area contributed by atoms with Gasteiger partial charge in [0.15, 0.2) is 0 Å². The summed E-state index contributed by atoms with van der Waals surface area (Å²) in [7, 11) is 3.56. The van der Waals surface area contributed by atoms with E-state index in [4.69, 9.17) is 0 Å². The summed E-state index contributed by atoms with van der Waals surface area (Å²) in [6.45, 7) is 4.10. The summed E-state index contributed by atoms with van der Waals surface area (Å²) in [6.07, 6.45) is 0. The second kappa shape index (κ2) is 6.43. The fourth-order valence-corrected chi connectivity index (χ4v) is 2.37. The molecular weight excluding hydrogens is 276 g/mol. The molecule has 0 amide bonds. The standard InChI is InChI=1S/C18H22N2O2/c1-11(13-5-7-17(21)15(9-13)19-3)12(2)14-6-8-18(22)16(10-14)20-4/h5-10,19-22H,1-4H3/b12-11+. The molecule has 0 saturated carbocycles. The maximum Gasteiger partial charge on any atom is 0.138 e. The normalized spacial score (nSPS) is 11.8. The average Bonchev–Trinajstić information content (AvgIpc) is 2.54. The van der Waals surface area contributed by atoms with Crippen molar-refractivity contribution in [2.75, 3.05) is 24.7 Å². The van der Waals surface area contributed by atoms with Crippen LogP contribution in [-0.4, -0.2) is 24.3 Å². The minimum Gasteiger partial charge on any atom is -0.506 e. The van der Waals surface area contributed by atoms with Crippen LogP contribution in [0.5, 0.6) is 11.5 Å². The van der Waals surface area contributed by atoms with Crippen LogP contribution in [0.4, 0.5) is 11.4 Å². The lowest BCUT2D eigenvalue weighted by molar-refractivity contribution is 0.477. The summed E-state index contributed by atoms with van der Waals surface area (Å²) in [5, 5.41) is 25.5. The zero-order valence-electron chi connectivity index (χ0n) is 13.4. The highest BCUT2D eigenvalue weighted by atomic mass is 16.3. The van der Waals surface area contributed by atoms with Crippen molar-refractivity contribution in [2.24, 2.45) is 0 Å². The predicted octanol–water partition coefficient (Wildman–Crippen LogP) is 4.13. The first-order chi connectivity index (χ1) is 10.5. The van der Waals surface area contributed by atoms with Crippen molar-refractivity contribution in [2.45, 2.75) is 13.8 Å². The SMILES string of the molecule is CNc1cc(/C(C)=C(\C)c2ccc(O)c(NC)c2)ccc1O. The molecule has 116 valence electrons. The Labute approximate surface area is 131 Å². The lowest BCUT2D eigenvalue weighted by Crippen LogP contribution is -1.93. The van der Waals surface area contributed by atoms with Gasteiger partial charge in [-0.3, -0.25) is 0 Å². The number of phenols is 2. The zero-order chi connectivity index (χ0) is 16.3. The largest absolute Gasteiger partial charge is 0.506 e. The van der Waals surface area contributed by atoms with Gasteiger partial charge in [0.25, 0.3) is 0 Å². The molecule has 0 radical (unpaired) electrons. The zero-order valence-corrected chi connectivity index (χ0v) is 13.4. The van der Waals surface area contributed by atoms with E-state index in [9.17, 15) is 10.2 Å². The molecule has 0 saturated heterocycles. The first-order valence-corrected chi connectivity index (χ1v) is 7.17. The fourth-order valence-electron chi connectivity index (χ4n) is 2.37. The van der Waals surface area contributed by atoms with Gasteiger partial charge in [-0.05, 0) is 60.4 Å². The molecule has 2 aromatic rings. The van der Waals surface area contributed by atoms with Crippen molar-refractivity contribution in [1.29, 1.82) is 0 Å². The number of rotatable bonds is 4. The lowest BCUT2D eigenvalue weighted by Gasteiger charge is -2.13. The summed E-state index contributed by atoms with van der Waals surface area (Å²) in [5.41, 5.74) is 5.71. The minimum atomic E-state index is 0.235. The van der Waals surface area contributed by atoms with Gasteiger partial charge in [-0.25, -0.2) is 0 Å². The van der Waals surface area contributed by atoms with Gasteiger partial charge in [0.2, 0.25) is 0 Å². The number of phenolic OH excluding ortho intramolecular Hbond substituents is 2. The van der Waals surface area contributed by atoms with Crippen LogP contribution in [0.3, 0.4) is 0 Å². The smallest absolute Gasteiger partial charge is 0.138 e. The third-order valence-corrected chi connectivity index (χ3v) is 3.96. The Morgan fingerprint density at radius 2 is 1.09 bits per heavy atom. The topological polar surface area (TPSA) is 64.5 Å². The van der Waals surface area contributed by atoms with Gasteiger partial charge in [-0.2, -0.15) is 0 Å². The molecule has 4 N–H and O–H groups in total. The third kappa shape index (κ3) is 3.01. The molecule has 0 heterocycles. The minimum absolute atomic E-state index is 0.235. The van der Waals surface area contributed by atoms with Gasteiger partial charge in [-0.1, -0.05) is 12.1 Å². The number of aromatic hydroxyl groups is 2. The van der Waals surface area contributed by atoms with Crippen LogP contribution in [0, 0.1) is 0 Å². The lowest BCUT2D eigenvalue weighted by atomic mass is 9.96. The van der Waals surface area contributed by atoms with Gasteiger partial charge in [-0.15, -0.1) is 0 Å². The molecule has 4 nitrogen and oxygen atoms in total. The summed E-state index contributed by atoms with van der Waals surface area (Å²) in [4.78, 5) is 0. The summed E-state index contributed by atoms with van der Waals surface area (Å²) in [6, 6.07) is 11.0. The molecule has 22 heavy (non-hydrogen) atoms. The molecular formula is C18H22N2O2. The fraction of sp³-hybridized carbons (Fsp3) is 0.222. The van der Waals surface area contributed by atoms with Crippen LogP contribution >= 0.6 is 0 Å². The third-order valence-electron chi connectivity index (χ3n) is 3.96. The molecule has 0 aromatic heterocycles. The first-order valence-electron chi connectivity index (χ1n) is 7.17. The van der Waals surface area contributed by atoms with E-state index in [2.05, 4.69) is 10.6 Å². The van der Waals surface area contributed by atoms with Gasteiger partial charge in [0, 0.05) is 14.1 Å². The Hall–Kier alpha value is -2.62. The molecule has 0 aliphatic heterocycles. The number of hydrogen-bond acceptors (Lipinski definition) is 4. The van der Waals surface area contributed by atoms with Crippen LogP contribution in [-0.2, 0) is 0 Å². The van der Waals surface area contributed by atoms with Crippen molar-refractivity contribution in [3.63, 3.8) is 0 Å². The quantitative estimate of drug-likeness (QED) is 0.506. The van der Waals surface area contributed by atoms with Crippen molar-refractivity contribution in [1.82, 2.24) is 0 Å². The molecule has 0 aliphatic carbocycles. The van der Waals surface area contributed by atoms with E-state index in [1.165, 1.54) is 0 Å². The molecule has 2 aromatic carbocycles. The van der Waals surface area contributed by atoms with Crippen molar-refractivity contribution in [3.8, 4) is 11.5 Å². The van der Waals surface area contributed by atoms with Crippen LogP contribution in [0.1, 0.15) is 25.0 Å². The maximum absolute atomic E-state index is 9.76. The van der Waals surface area contributed by atoms with Crippen molar-refractivity contribution < 1.29 is 10.2 Å². The molecule has 0 fully saturated rings. The molecule has 4 heteroatoms. The van der Waals surface area contributed by atoms with Crippen molar-refractivity contribution >= 4 is 22.5 Å². The Morgan fingerprint density at radius 1 is 0.727 bits per heavy atom. The van der Waals surface area contributed by atoms with E-state index < -0.39 is 0 Å². The van der Waals surface area contributed by atoms with E-state index in [1.807, 2.05) is 38.1 Å². The Bertz CT molecular complexity index is 660. The summed E-state index contributed by atoms with van der Waals surface area (Å²) in [5.74, 6) is 0.470. The van der Waals surface area contributed by atoms with E-state index in [1.54, 1.807) is 26.2 Å². The molecule has 0 unspecified atom stereocenters. The highest BCUT2D eigenvalue weighted by molar-refractivity contribution is 5.90. The number of anilines is 2. The summed E-state index contributed by atoms with van der Waals surface area (Å²) >= 11 is 0. The second-order valence-electron chi connectivity index (χ2n) is 5.21. The van der Waals surface area contributed by atoms with Gasteiger partial charge in [0.05, 0.1) is 11.4 Å². The summed E-state index contributed by atoms with van der Waals surface area (Å²) < 4.78 is 0. The van der Waals surface area contributed by atoms with E-state index in [0.29, 0.717) is 11.4 Å². The maximum atomic E-state index is 9.76. The predicted molar refractivity (Wildman–Crippen MR) is 93.5 cm³/mol. The molecule has 0 atom stereocenters. The first kappa shape index (κ1) is 15.8. The van der Waals surface area contributed by atoms with Gasteiger partial charge >= 0.3 is 0 Å². The second-order valence-corrected chi connectivity index (χ2v) is 5.21. The van der Waals surface area contributed by atoms with Crippen LogP contribution in [0.2, 0.25) is 0 Å². The number of hydrogen-bond donors (Lipinski definition) is 4. The Morgan fingerprint density at radius 3 is 1.41 bits per heavy atom.